The molecule has 2 saturated heterocycles. The van der Waals surface area contributed by atoms with E-state index < -0.39 is 42.8 Å². The molecule has 0 radical (unpaired) electrons. The quantitative estimate of drug-likeness (QED) is 0.0847. The first-order valence-electron chi connectivity index (χ1n) is 16.0. The third-order valence-electron chi connectivity index (χ3n) is 8.27. The second-order valence-corrected chi connectivity index (χ2v) is 17.5. The van der Waals surface area contributed by atoms with Crippen molar-refractivity contribution < 1.29 is 40.8 Å². The van der Waals surface area contributed by atoms with E-state index in [4.69, 9.17) is 27.9 Å². The molecule has 4 aromatic rings. The summed E-state index contributed by atoms with van der Waals surface area (Å²) < 4.78 is 72.3. The van der Waals surface area contributed by atoms with Gasteiger partial charge in [-0.3, -0.25) is 0 Å². The zero-order valence-electron chi connectivity index (χ0n) is 26.5. The van der Waals surface area contributed by atoms with E-state index in [2.05, 4.69) is 0 Å². The molecular formula is C37H40O9SSe. The van der Waals surface area contributed by atoms with E-state index in [1.165, 1.54) is 0 Å². The van der Waals surface area contributed by atoms with Crippen LogP contribution in [0.3, 0.4) is 0 Å². The first-order valence-corrected chi connectivity index (χ1v) is 20.9. The Labute approximate surface area is 286 Å². The minimum absolute atomic E-state index is 0.0880. The molecule has 48 heavy (non-hydrogen) atoms. The molecule has 0 aromatic heterocycles. The van der Waals surface area contributed by atoms with E-state index in [9.17, 15) is 13.0 Å². The summed E-state index contributed by atoms with van der Waals surface area (Å²) in [6.45, 7) is 1.14. The Kier molecular flexibility index (Phi) is 12.5. The maximum absolute atomic E-state index is 11.7. The van der Waals surface area contributed by atoms with Gasteiger partial charge in [0.25, 0.3) is 0 Å². The number of rotatable bonds is 14. The summed E-state index contributed by atoms with van der Waals surface area (Å²) in [7, 11) is -4.99. The molecule has 0 aliphatic carbocycles. The molecule has 0 bridgehead atoms. The molecule has 0 amide bonds. The van der Waals surface area contributed by atoms with Gasteiger partial charge in [-0.1, -0.05) is 0 Å². The Balaban J connectivity index is 1.25. The van der Waals surface area contributed by atoms with Crippen LogP contribution in [0.25, 0.3) is 0 Å². The third kappa shape index (κ3) is 10.3. The van der Waals surface area contributed by atoms with Gasteiger partial charge in [-0.05, 0) is 0 Å². The molecule has 2 fully saturated rings. The summed E-state index contributed by atoms with van der Waals surface area (Å²) in [4.78, 5) is 0. The second-order valence-electron chi connectivity index (χ2n) is 11.8. The maximum atomic E-state index is 11.7. The van der Waals surface area contributed by atoms with Crippen LogP contribution >= 0.6 is 0 Å². The van der Waals surface area contributed by atoms with Gasteiger partial charge in [-0.15, -0.1) is 0 Å². The van der Waals surface area contributed by atoms with Crippen LogP contribution in [0, 0.1) is 0 Å². The van der Waals surface area contributed by atoms with Gasteiger partial charge in [0.05, 0.1) is 0 Å². The van der Waals surface area contributed by atoms with Crippen LogP contribution in [0.2, 0.25) is 16.0 Å². The van der Waals surface area contributed by atoms with Crippen molar-refractivity contribution >= 4 is 24.3 Å². The van der Waals surface area contributed by atoms with Crippen molar-refractivity contribution in [1.29, 1.82) is 0 Å². The average molecular weight is 740 g/mol. The Morgan fingerprint density at radius 1 is 0.646 bits per heavy atom. The van der Waals surface area contributed by atoms with E-state index in [0.717, 1.165) is 32.9 Å². The van der Waals surface area contributed by atoms with E-state index in [1.54, 1.807) is 0 Å². The van der Waals surface area contributed by atoms with Crippen LogP contribution in [0.15, 0.2) is 121 Å². The van der Waals surface area contributed by atoms with E-state index in [0.29, 0.717) is 25.1 Å². The molecule has 4 aromatic carbocycles. The van der Waals surface area contributed by atoms with Crippen LogP contribution in [0.1, 0.15) is 28.5 Å². The van der Waals surface area contributed by atoms with Gasteiger partial charge in [-0.2, -0.15) is 0 Å². The van der Waals surface area contributed by atoms with Crippen LogP contribution in [0.5, 0.6) is 0 Å². The molecule has 3 unspecified atom stereocenters. The summed E-state index contributed by atoms with van der Waals surface area (Å²) in [5.74, 6) is 0. The topological polar surface area (TPSA) is 113 Å². The van der Waals surface area contributed by atoms with Gasteiger partial charge in [0.2, 0.25) is 0 Å². The van der Waals surface area contributed by atoms with Crippen LogP contribution < -0.4 is 0 Å². The van der Waals surface area contributed by atoms with E-state index in [-0.39, 0.29) is 24.9 Å². The predicted molar refractivity (Wildman–Crippen MR) is 180 cm³/mol. The van der Waals surface area contributed by atoms with Gasteiger partial charge in [0.1, 0.15) is 0 Å². The molecule has 7 atom stereocenters. The third-order valence-corrected chi connectivity index (χ3v) is 13.8. The van der Waals surface area contributed by atoms with Crippen molar-refractivity contribution in [2.24, 2.45) is 0 Å². The van der Waals surface area contributed by atoms with Crippen molar-refractivity contribution in [3.63, 3.8) is 0 Å². The minimum atomic E-state index is -4.99. The zero-order valence-corrected chi connectivity index (χ0v) is 29.0. The van der Waals surface area contributed by atoms with Gasteiger partial charge in [-0.25, -0.2) is 0 Å². The van der Waals surface area contributed by atoms with Crippen molar-refractivity contribution in [3.8, 4) is 0 Å². The summed E-state index contributed by atoms with van der Waals surface area (Å²) in [5, 5.41) is 1.98. The molecular weight excluding hydrogens is 699 g/mol. The summed E-state index contributed by atoms with van der Waals surface area (Å²) in [5.41, 5.74) is 3.96. The number of hydrogen-bond acceptors (Lipinski definition) is 9. The molecule has 2 heterocycles. The molecule has 6 rings (SSSR count). The number of hydrogen-bond donors (Lipinski definition) is 0. The van der Waals surface area contributed by atoms with Crippen LogP contribution in [-0.4, -0.2) is 64.0 Å². The normalized spacial score (nSPS) is 26.2. The van der Waals surface area contributed by atoms with Crippen molar-refractivity contribution in [2.45, 2.75) is 72.6 Å². The SMILES string of the molecule is O=S(=O)([O-])O[C@@H]1COC(c2ccccc2)O[C@H]1C[Se+]1C[C@H](OCc2ccccc2)C(OCc2ccccc2)[C@H](OCc2ccccc2)C1. The zero-order chi connectivity index (χ0) is 33.2. The fourth-order valence-corrected chi connectivity index (χ4v) is 12.0. The Bertz CT molecular complexity index is 1580. The molecule has 0 saturated carbocycles. The fraction of sp³-hybridized carbons (Fsp3) is 0.351. The first-order chi connectivity index (χ1) is 23.4. The summed E-state index contributed by atoms with van der Waals surface area (Å²) in [6.07, 6.45) is -3.38. The van der Waals surface area contributed by atoms with Gasteiger partial charge in [0.15, 0.2) is 0 Å². The Morgan fingerprint density at radius 3 is 1.58 bits per heavy atom. The average Bonchev–Trinajstić information content (AvgIpc) is 3.11. The molecule has 9 nitrogen and oxygen atoms in total. The van der Waals surface area contributed by atoms with E-state index >= 15 is 0 Å². The molecule has 2 aliphatic rings. The Hall–Kier alpha value is -2.93. The van der Waals surface area contributed by atoms with Gasteiger partial charge in [0, 0.05) is 0 Å². The summed E-state index contributed by atoms with van der Waals surface area (Å²) >= 11 is -1.64. The van der Waals surface area contributed by atoms with Crippen LogP contribution in [0.4, 0.5) is 0 Å². The molecule has 0 spiro atoms. The molecule has 0 N–H and O–H groups in total. The fourth-order valence-electron chi connectivity index (χ4n) is 5.90. The number of benzene rings is 4. The predicted octanol–water partition coefficient (Wildman–Crippen LogP) is 6.21. The first kappa shape index (κ1) is 34.9. The molecule has 2 aliphatic heterocycles. The Morgan fingerprint density at radius 2 is 1.10 bits per heavy atom. The molecule has 11 heteroatoms. The summed E-state index contributed by atoms with van der Waals surface area (Å²) in [6, 6.07) is 39.5. The van der Waals surface area contributed by atoms with Gasteiger partial charge >= 0.3 is 288 Å². The second kappa shape index (κ2) is 17.1. The van der Waals surface area contributed by atoms with Crippen molar-refractivity contribution in [3.05, 3.63) is 144 Å². The van der Waals surface area contributed by atoms with Crippen LogP contribution in [-0.2, 0) is 58.1 Å². The van der Waals surface area contributed by atoms with Crippen molar-refractivity contribution in [1.82, 2.24) is 0 Å². The molecule has 254 valence electrons. The van der Waals surface area contributed by atoms with Crippen molar-refractivity contribution in [2.75, 3.05) is 6.61 Å². The number of ether oxygens (including phenoxy) is 5. The standard InChI is InChI=1S/C37H40O9SSe/c38-47(39,40)46-32-24-44-37(31-19-11-4-12-20-31)45-33(32)25-48-26-34(41-21-28-13-5-1-6-14-28)36(43-23-30-17-9-3-10-18-30)35(27-48)42-22-29-15-7-2-8-16-29/h1-20,32-37H,21-27H2/t32-,33+,34-,35+,36?,37?,48?/m1/s1. The monoisotopic (exact) mass is 740 g/mol. The van der Waals surface area contributed by atoms with E-state index in [1.807, 2.05) is 121 Å². The van der Waals surface area contributed by atoms with Gasteiger partial charge < -0.3 is 0 Å².